The minimum atomic E-state index is -0.220. The van der Waals surface area contributed by atoms with Crippen molar-refractivity contribution >= 4 is 5.91 Å². The van der Waals surface area contributed by atoms with E-state index in [2.05, 4.69) is 5.32 Å². The summed E-state index contributed by atoms with van der Waals surface area (Å²) in [5, 5.41) is 3.03. The number of nitrogens with one attached hydrogen (secondary N) is 1. The number of amides is 1. The van der Waals surface area contributed by atoms with Gasteiger partial charge < -0.3 is 10.2 Å². The third-order valence-corrected chi connectivity index (χ3v) is 2.51. The normalized spacial score (nSPS) is 10.3. The quantitative estimate of drug-likeness (QED) is 0.763. The van der Waals surface area contributed by atoms with Crippen LogP contribution in [0.4, 0.5) is 0 Å². The molecular weight excluding hydrogens is 188 g/mol. The molecule has 0 heterocycles. The Kier molecular flexibility index (Phi) is 9.79. The molecular formula is C12H28N2O. The number of carbonyl (C=O) groups excluding carboxylic acids is 1. The molecule has 0 spiro atoms. The van der Waals surface area contributed by atoms with Crippen molar-refractivity contribution in [3.63, 3.8) is 0 Å². The molecule has 0 saturated carbocycles. The molecule has 3 heteroatoms. The van der Waals surface area contributed by atoms with Crippen LogP contribution in [0.3, 0.4) is 0 Å². The molecule has 0 rings (SSSR count). The van der Waals surface area contributed by atoms with Crippen LogP contribution in [0.15, 0.2) is 0 Å². The molecule has 0 fully saturated rings. The lowest BCUT2D eigenvalue weighted by molar-refractivity contribution is -0.139. The van der Waals surface area contributed by atoms with E-state index in [9.17, 15) is 4.79 Å². The van der Waals surface area contributed by atoms with E-state index in [0.717, 1.165) is 19.5 Å². The fraction of sp³-hybridized carbons (Fsp3) is 0.917. The highest BCUT2D eigenvalue weighted by molar-refractivity contribution is 5.81. The minimum Gasteiger partial charge on any atom is -0.344 e. The molecule has 0 bridgehead atoms. The highest BCUT2D eigenvalue weighted by Gasteiger charge is 2.27. The monoisotopic (exact) mass is 216 g/mol. The van der Waals surface area contributed by atoms with E-state index in [4.69, 9.17) is 0 Å². The minimum absolute atomic E-state index is 0.220. The molecule has 0 saturated heterocycles. The molecule has 3 nitrogen and oxygen atoms in total. The number of carbonyl (C=O) groups is 1. The van der Waals surface area contributed by atoms with Gasteiger partial charge in [-0.1, -0.05) is 34.6 Å². The van der Waals surface area contributed by atoms with Gasteiger partial charge >= 0.3 is 0 Å². The Labute approximate surface area is 95.2 Å². The van der Waals surface area contributed by atoms with Gasteiger partial charge in [0.15, 0.2) is 0 Å². The van der Waals surface area contributed by atoms with Gasteiger partial charge in [-0.3, -0.25) is 4.79 Å². The van der Waals surface area contributed by atoms with Crippen LogP contribution in [-0.2, 0) is 4.79 Å². The molecule has 15 heavy (non-hydrogen) atoms. The highest BCUT2D eigenvalue weighted by atomic mass is 16.2. The Hall–Kier alpha value is -0.570. The first-order chi connectivity index (χ1) is 6.95. The van der Waals surface area contributed by atoms with Gasteiger partial charge in [0, 0.05) is 25.6 Å². The van der Waals surface area contributed by atoms with Gasteiger partial charge in [-0.2, -0.15) is 0 Å². The number of hydrogen-bond acceptors (Lipinski definition) is 2. The molecule has 0 aliphatic carbocycles. The van der Waals surface area contributed by atoms with Crippen molar-refractivity contribution in [2.24, 2.45) is 5.41 Å². The van der Waals surface area contributed by atoms with Crippen molar-refractivity contribution in [1.82, 2.24) is 10.2 Å². The van der Waals surface area contributed by atoms with E-state index < -0.39 is 0 Å². The molecule has 0 unspecified atom stereocenters. The molecule has 0 aromatic rings. The summed E-state index contributed by atoms with van der Waals surface area (Å²) < 4.78 is 0. The number of hydrogen-bond donors (Lipinski definition) is 1. The smallest absolute Gasteiger partial charge is 0.228 e. The zero-order chi connectivity index (χ0) is 12.5. The van der Waals surface area contributed by atoms with Gasteiger partial charge in [0.1, 0.15) is 0 Å². The fourth-order valence-electron chi connectivity index (χ4n) is 1.05. The average Bonchev–Trinajstić information content (AvgIpc) is 2.27. The van der Waals surface area contributed by atoms with Crippen LogP contribution in [-0.4, -0.2) is 38.0 Å². The van der Waals surface area contributed by atoms with Crippen LogP contribution in [0.1, 0.15) is 41.0 Å². The summed E-state index contributed by atoms with van der Waals surface area (Å²) in [6.45, 7) is 11.7. The van der Waals surface area contributed by atoms with Crippen molar-refractivity contribution in [2.75, 3.05) is 27.2 Å². The maximum Gasteiger partial charge on any atom is 0.228 e. The predicted molar refractivity (Wildman–Crippen MR) is 67.0 cm³/mol. The first-order valence-corrected chi connectivity index (χ1v) is 5.86. The van der Waals surface area contributed by atoms with Crippen LogP contribution < -0.4 is 5.32 Å². The Bertz CT molecular complexity index is 167. The average molecular weight is 216 g/mol. The van der Waals surface area contributed by atoms with Gasteiger partial charge in [-0.05, 0) is 13.5 Å². The summed E-state index contributed by atoms with van der Waals surface area (Å²) in [6.07, 6.45) is 0.885. The summed E-state index contributed by atoms with van der Waals surface area (Å²) in [7, 11) is 3.75. The standard InChI is InChI=1S/C10H22N2O.C2H6/c1-6-10(2,3)9(13)12(5)8-7-11-4;1-2/h11H,6-8H2,1-5H3;1-2H3. The maximum absolute atomic E-state index is 11.8. The molecule has 0 aliphatic rings. The first kappa shape index (κ1) is 16.8. The first-order valence-electron chi connectivity index (χ1n) is 5.86. The van der Waals surface area contributed by atoms with Crippen molar-refractivity contribution < 1.29 is 4.79 Å². The number of rotatable bonds is 5. The summed E-state index contributed by atoms with van der Waals surface area (Å²) >= 11 is 0. The maximum atomic E-state index is 11.8. The molecule has 1 N–H and O–H groups in total. The molecule has 0 radical (unpaired) electrons. The van der Waals surface area contributed by atoms with Gasteiger partial charge in [0.05, 0.1) is 0 Å². The SMILES string of the molecule is CC.CCC(C)(C)C(=O)N(C)CCNC. The molecule has 92 valence electrons. The number of nitrogens with zero attached hydrogens (tertiary/aromatic N) is 1. The summed E-state index contributed by atoms with van der Waals surface area (Å²) in [4.78, 5) is 13.6. The predicted octanol–water partition coefficient (Wildman–Crippen LogP) is 2.13. The van der Waals surface area contributed by atoms with Crippen LogP contribution in [0.25, 0.3) is 0 Å². The Morgan fingerprint density at radius 1 is 1.33 bits per heavy atom. The fourth-order valence-corrected chi connectivity index (χ4v) is 1.05. The largest absolute Gasteiger partial charge is 0.344 e. The van der Waals surface area contributed by atoms with Crippen LogP contribution in [0.2, 0.25) is 0 Å². The molecule has 0 atom stereocenters. The molecule has 0 aromatic heterocycles. The second-order valence-corrected chi connectivity index (χ2v) is 4.07. The van der Waals surface area contributed by atoms with Crippen molar-refractivity contribution in [1.29, 1.82) is 0 Å². The second-order valence-electron chi connectivity index (χ2n) is 4.07. The van der Waals surface area contributed by atoms with Crippen molar-refractivity contribution in [2.45, 2.75) is 41.0 Å². The van der Waals surface area contributed by atoms with Crippen LogP contribution in [0, 0.1) is 5.41 Å². The lowest BCUT2D eigenvalue weighted by Gasteiger charge is -2.28. The van der Waals surface area contributed by atoms with Gasteiger partial charge in [0.2, 0.25) is 5.91 Å². The summed E-state index contributed by atoms with van der Waals surface area (Å²) in [5.41, 5.74) is -0.220. The second kappa shape index (κ2) is 8.72. The van der Waals surface area contributed by atoms with E-state index in [1.807, 2.05) is 48.7 Å². The van der Waals surface area contributed by atoms with E-state index in [1.54, 1.807) is 4.90 Å². The molecule has 0 aliphatic heterocycles. The van der Waals surface area contributed by atoms with Crippen LogP contribution >= 0.6 is 0 Å². The van der Waals surface area contributed by atoms with Gasteiger partial charge in [-0.15, -0.1) is 0 Å². The lowest BCUT2D eigenvalue weighted by atomic mass is 9.89. The van der Waals surface area contributed by atoms with E-state index in [0.29, 0.717) is 0 Å². The summed E-state index contributed by atoms with van der Waals surface area (Å²) in [6, 6.07) is 0. The van der Waals surface area contributed by atoms with E-state index >= 15 is 0 Å². The Balaban J connectivity index is 0. The van der Waals surface area contributed by atoms with E-state index in [1.165, 1.54) is 0 Å². The summed E-state index contributed by atoms with van der Waals surface area (Å²) in [5.74, 6) is 0.227. The highest BCUT2D eigenvalue weighted by Crippen LogP contribution is 2.21. The lowest BCUT2D eigenvalue weighted by Crippen LogP contribution is -2.40. The Morgan fingerprint density at radius 3 is 2.13 bits per heavy atom. The zero-order valence-corrected chi connectivity index (χ0v) is 11.5. The van der Waals surface area contributed by atoms with Crippen LogP contribution in [0.5, 0.6) is 0 Å². The zero-order valence-electron chi connectivity index (χ0n) is 11.5. The van der Waals surface area contributed by atoms with Gasteiger partial charge in [0.25, 0.3) is 0 Å². The number of likely N-dealkylation sites (N-methyl/N-ethyl adjacent to an activating group) is 2. The van der Waals surface area contributed by atoms with Crippen molar-refractivity contribution in [3.8, 4) is 0 Å². The molecule has 0 aromatic carbocycles. The third kappa shape index (κ3) is 6.50. The Morgan fingerprint density at radius 2 is 1.80 bits per heavy atom. The van der Waals surface area contributed by atoms with E-state index in [-0.39, 0.29) is 11.3 Å². The van der Waals surface area contributed by atoms with Crippen molar-refractivity contribution in [3.05, 3.63) is 0 Å². The topological polar surface area (TPSA) is 32.3 Å². The third-order valence-electron chi connectivity index (χ3n) is 2.51. The molecule has 1 amide bonds. The van der Waals surface area contributed by atoms with Gasteiger partial charge in [-0.25, -0.2) is 0 Å².